The third kappa shape index (κ3) is 3.37. The number of rotatable bonds is 4. The van der Waals surface area contributed by atoms with Crippen LogP contribution in [0.3, 0.4) is 0 Å². The van der Waals surface area contributed by atoms with Crippen LogP contribution in [-0.4, -0.2) is 16.8 Å². The van der Waals surface area contributed by atoms with Gasteiger partial charge in [0.05, 0.1) is 10.7 Å². The fraction of sp³-hybridized carbons (Fsp3) is 0.0833. The maximum atomic E-state index is 12.1. The zero-order valence-electron chi connectivity index (χ0n) is 9.06. The van der Waals surface area contributed by atoms with Crippen molar-refractivity contribution in [3.8, 4) is 5.75 Å². The van der Waals surface area contributed by atoms with E-state index in [4.69, 9.17) is 11.6 Å². The minimum Gasteiger partial charge on any atom is -0.433 e. The molecule has 3 nitrogen and oxygen atoms in total. The third-order valence-corrected chi connectivity index (χ3v) is 2.39. The molecule has 0 aliphatic heterocycles. The molecule has 0 bridgehead atoms. The zero-order valence-corrected chi connectivity index (χ0v) is 9.81. The second-order valence-electron chi connectivity index (χ2n) is 3.36. The van der Waals surface area contributed by atoms with E-state index >= 15 is 0 Å². The first-order valence-corrected chi connectivity index (χ1v) is 5.40. The molecule has 0 saturated heterocycles. The van der Waals surface area contributed by atoms with Crippen LogP contribution in [0.2, 0.25) is 5.02 Å². The van der Waals surface area contributed by atoms with Crippen molar-refractivity contribution in [2.45, 2.75) is 6.61 Å². The Kier molecular flexibility index (Phi) is 4.04. The van der Waals surface area contributed by atoms with Gasteiger partial charge in [-0.25, -0.2) is 0 Å². The summed E-state index contributed by atoms with van der Waals surface area (Å²) in [6, 6.07) is 8.06. The number of ether oxygens (including phenoxy) is 1. The lowest BCUT2D eigenvalue weighted by molar-refractivity contribution is -0.0498. The van der Waals surface area contributed by atoms with Crippen LogP contribution in [0.4, 0.5) is 8.78 Å². The van der Waals surface area contributed by atoms with Gasteiger partial charge >= 0.3 is 6.61 Å². The van der Waals surface area contributed by atoms with E-state index in [1.807, 2.05) is 0 Å². The van der Waals surface area contributed by atoms with E-state index < -0.39 is 6.61 Å². The molecule has 0 spiro atoms. The van der Waals surface area contributed by atoms with Crippen molar-refractivity contribution in [1.82, 2.24) is 10.2 Å². The molecule has 1 heterocycles. The van der Waals surface area contributed by atoms with Crippen LogP contribution in [0, 0.1) is 6.42 Å². The maximum Gasteiger partial charge on any atom is 0.387 e. The molecule has 1 aromatic carbocycles. The van der Waals surface area contributed by atoms with E-state index in [0.717, 1.165) is 0 Å². The Morgan fingerprint density at radius 2 is 2.11 bits per heavy atom. The van der Waals surface area contributed by atoms with Crippen molar-refractivity contribution < 1.29 is 13.5 Å². The van der Waals surface area contributed by atoms with Gasteiger partial charge in [-0.3, -0.25) is 0 Å². The second-order valence-corrected chi connectivity index (χ2v) is 3.77. The largest absolute Gasteiger partial charge is 0.433 e. The van der Waals surface area contributed by atoms with Gasteiger partial charge in [-0.1, -0.05) is 17.7 Å². The highest BCUT2D eigenvalue weighted by molar-refractivity contribution is 6.32. The second kappa shape index (κ2) is 5.73. The molecule has 6 heteroatoms. The van der Waals surface area contributed by atoms with E-state index in [-0.39, 0.29) is 10.8 Å². The van der Waals surface area contributed by atoms with Crippen LogP contribution in [0.1, 0.15) is 11.3 Å². The Morgan fingerprint density at radius 1 is 1.28 bits per heavy atom. The number of halogens is 3. The van der Waals surface area contributed by atoms with Crippen LogP contribution in [0.25, 0.3) is 0 Å². The summed E-state index contributed by atoms with van der Waals surface area (Å²) < 4.78 is 28.6. The summed E-state index contributed by atoms with van der Waals surface area (Å²) in [5.74, 6) is -0.0655. The van der Waals surface area contributed by atoms with E-state index in [1.165, 1.54) is 12.1 Å². The molecule has 0 N–H and O–H groups in total. The molecular weight excluding hydrogens is 262 g/mol. The molecule has 1 radical (unpaired) electrons. The average Bonchev–Trinajstić information content (AvgIpc) is 2.34. The molecule has 93 valence electrons. The predicted molar refractivity (Wildman–Crippen MR) is 62.6 cm³/mol. The van der Waals surface area contributed by atoms with Crippen molar-refractivity contribution in [1.29, 1.82) is 0 Å². The molecular formula is C12H8ClF2N2O. The number of hydrogen-bond donors (Lipinski definition) is 0. The number of nitrogens with zero attached hydrogens (tertiary/aromatic N) is 2. The van der Waals surface area contributed by atoms with Gasteiger partial charge in [-0.05, 0) is 29.8 Å². The first-order valence-electron chi connectivity index (χ1n) is 5.02. The van der Waals surface area contributed by atoms with Crippen LogP contribution >= 0.6 is 11.6 Å². The summed E-state index contributed by atoms with van der Waals surface area (Å²) in [5.41, 5.74) is 1.26. The lowest BCUT2D eigenvalue weighted by Gasteiger charge is -2.08. The third-order valence-electron chi connectivity index (χ3n) is 2.08. The van der Waals surface area contributed by atoms with Crippen molar-refractivity contribution in [2.24, 2.45) is 0 Å². The number of alkyl halides is 2. The quantitative estimate of drug-likeness (QED) is 0.854. The molecule has 0 saturated carbocycles. The fourth-order valence-corrected chi connectivity index (χ4v) is 1.52. The van der Waals surface area contributed by atoms with Crippen LogP contribution < -0.4 is 4.74 Å². The smallest absolute Gasteiger partial charge is 0.387 e. The van der Waals surface area contributed by atoms with Gasteiger partial charge in [0, 0.05) is 12.6 Å². The van der Waals surface area contributed by atoms with E-state index in [0.29, 0.717) is 11.3 Å². The molecule has 18 heavy (non-hydrogen) atoms. The Balaban J connectivity index is 2.19. The molecule has 2 rings (SSSR count). The van der Waals surface area contributed by atoms with Gasteiger partial charge in [0.15, 0.2) is 0 Å². The molecule has 0 aliphatic carbocycles. The highest BCUT2D eigenvalue weighted by Gasteiger charge is 2.10. The zero-order chi connectivity index (χ0) is 13.0. The average molecular weight is 270 g/mol. The van der Waals surface area contributed by atoms with Gasteiger partial charge < -0.3 is 4.74 Å². The molecule has 0 aliphatic rings. The monoisotopic (exact) mass is 269 g/mol. The van der Waals surface area contributed by atoms with Gasteiger partial charge in [0.1, 0.15) is 5.75 Å². The highest BCUT2D eigenvalue weighted by atomic mass is 35.5. The van der Waals surface area contributed by atoms with Crippen LogP contribution in [0.15, 0.2) is 36.5 Å². The summed E-state index contributed by atoms with van der Waals surface area (Å²) >= 11 is 5.74. The van der Waals surface area contributed by atoms with Crippen molar-refractivity contribution in [3.63, 3.8) is 0 Å². The lowest BCUT2D eigenvalue weighted by atomic mass is 10.1. The minimum absolute atomic E-state index is 0.0655. The topological polar surface area (TPSA) is 35.0 Å². The van der Waals surface area contributed by atoms with E-state index in [9.17, 15) is 8.78 Å². The van der Waals surface area contributed by atoms with E-state index in [1.54, 1.807) is 30.8 Å². The Labute approximate surface area is 107 Å². The summed E-state index contributed by atoms with van der Waals surface area (Å²) in [4.78, 5) is 0. The standard InChI is InChI=1S/C12H8ClF2N2O/c13-10-4-3-8(7-11(10)18-12(14)15)6-9-2-1-5-16-17-9/h1-7,12H. The summed E-state index contributed by atoms with van der Waals surface area (Å²) in [6.07, 6.45) is 3.23. The molecule has 0 atom stereocenters. The summed E-state index contributed by atoms with van der Waals surface area (Å²) in [7, 11) is 0. The van der Waals surface area contributed by atoms with Gasteiger partial charge in [-0.2, -0.15) is 19.0 Å². The SMILES string of the molecule is FC(F)Oc1cc([CH]c2cccnn2)ccc1Cl. The Bertz CT molecular complexity index is 523. The van der Waals surface area contributed by atoms with E-state index in [2.05, 4.69) is 14.9 Å². The highest BCUT2D eigenvalue weighted by Crippen LogP contribution is 2.28. The molecule has 0 fully saturated rings. The number of hydrogen-bond acceptors (Lipinski definition) is 3. The van der Waals surface area contributed by atoms with Gasteiger partial charge in [0.2, 0.25) is 0 Å². The lowest BCUT2D eigenvalue weighted by Crippen LogP contribution is -2.03. The first-order chi connectivity index (χ1) is 8.65. The molecule has 0 amide bonds. The first kappa shape index (κ1) is 12.7. The van der Waals surface area contributed by atoms with Crippen molar-refractivity contribution >= 4 is 11.6 Å². The summed E-state index contributed by atoms with van der Waals surface area (Å²) in [6.45, 7) is -2.91. The van der Waals surface area contributed by atoms with Crippen LogP contribution in [0.5, 0.6) is 5.75 Å². The Hall–Kier alpha value is -1.75. The maximum absolute atomic E-state index is 12.1. The van der Waals surface area contributed by atoms with Gasteiger partial charge in [0.25, 0.3) is 0 Å². The fourth-order valence-electron chi connectivity index (χ4n) is 1.36. The predicted octanol–water partition coefficient (Wildman–Crippen LogP) is 3.33. The normalized spacial score (nSPS) is 10.7. The number of benzene rings is 1. The van der Waals surface area contributed by atoms with Gasteiger partial charge in [-0.15, -0.1) is 0 Å². The van der Waals surface area contributed by atoms with Crippen LogP contribution in [-0.2, 0) is 0 Å². The van der Waals surface area contributed by atoms with Crippen molar-refractivity contribution in [3.05, 3.63) is 59.2 Å². The minimum atomic E-state index is -2.91. The molecule has 1 aromatic heterocycles. The summed E-state index contributed by atoms with van der Waals surface area (Å²) in [5, 5.41) is 7.70. The molecule has 2 aromatic rings. The Morgan fingerprint density at radius 3 is 2.78 bits per heavy atom. The molecule has 0 unspecified atom stereocenters. The van der Waals surface area contributed by atoms with Crippen molar-refractivity contribution in [2.75, 3.05) is 0 Å². The number of aromatic nitrogens is 2.